The number of allylic oxidation sites excluding steroid dienone is 1. The largest absolute Gasteiger partial charge is 0.366 e. The van der Waals surface area contributed by atoms with Gasteiger partial charge in [-0.2, -0.15) is 10.2 Å². The molecule has 54 heavy (non-hydrogen) atoms. The minimum atomic E-state index is -0.564. The van der Waals surface area contributed by atoms with Gasteiger partial charge >= 0.3 is 0 Å². The first-order valence-electron chi connectivity index (χ1n) is 17.9. The Morgan fingerprint density at radius 3 is 1.96 bits per heavy atom. The van der Waals surface area contributed by atoms with E-state index in [-0.39, 0.29) is 11.8 Å². The molecule has 0 radical (unpaired) electrons. The fourth-order valence-corrected chi connectivity index (χ4v) is 6.76. The summed E-state index contributed by atoms with van der Waals surface area (Å²) < 4.78 is 7.08. The number of benzene rings is 2. The smallest absolute Gasteiger partial charge is 0.276 e. The molecule has 6 N–H and O–H groups in total. The standard InChI is InChI=1S/C38H44N12O4/c1-6-17-48-30-16-14-25(34(40)52)21-28(30)42-38(48)43-35(53)31-19-22(4)45-50(31)18-11-9-10-12-26-23(5)46-49(8-3)32(26)36(54)44-37-41-27-20-24(33(39)51)13-15-29(27)47(37)7-2/h6,13-16,19-21H,1,7-12,17-18H2,2-5H3,(H2,39,51)(H2,40,52)(H,41,44,54)(H,42,43,53). The van der Waals surface area contributed by atoms with Crippen LogP contribution in [0.25, 0.3) is 22.1 Å². The predicted molar refractivity (Wildman–Crippen MR) is 205 cm³/mol. The van der Waals surface area contributed by atoms with E-state index in [1.54, 1.807) is 62.5 Å². The fraction of sp³-hybridized carbons (Fsp3) is 0.316. The number of nitrogens with zero attached hydrogens (tertiary/aromatic N) is 8. The third-order valence-electron chi connectivity index (χ3n) is 9.34. The van der Waals surface area contributed by atoms with Gasteiger partial charge in [-0.05, 0) is 89.4 Å². The molecule has 0 saturated heterocycles. The molecule has 4 heterocycles. The number of nitrogens with two attached hydrogens (primary N) is 2. The van der Waals surface area contributed by atoms with E-state index in [2.05, 4.69) is 37.4 Å². The molecule has 4 amide bonds. The van der Waals surface area contributed by atoms with Crippen LogP contribution in [0.15, 0.2) is 55.1 Å². The van der Waals surface area contributed by atoms with Crippen LogP contribution in [0.4, 0.5) is 11.9 Å². The molecule has 0 spiro atoms. The topological polar surface area (TPSA) is 216 Å². The van der Waals surface area contributed by atoms with Crippen LogP contribution in [0, 0.1) is 13.8 Å². The highest BCUT2D eigenvalue weighted by molar-refractivity contribution is 6.05. The maximum atomic E-state index is 13.8. The Balaban J connectivity index is 1.12. The number of imidazole rings is 2. The van der Waals surface area contributed by atoms with Crippen molar-refractivity contribution in [1.29, 1.82) is 0 Å². The van der Waals surface area contributed by atoms with E-state index >= 15 is 0 Å². The molecule has 6 rings (SSSR count). The van der Waals surface area contributed by atoms with Gasteiger partial charge in [-0.1, -0.05) is 12.5 Å². The van der Waals surface area contributed by atoms with Crippen LogP contribution in [0.2, 0.25) is 0 Å². The minimum absolute atomic E-state index is 0.314. The molecule has 0 bridgehead atoms. The first-order valence-corrected chi connectivity index (χ1v) is 17.9. The third-order valence-corrected chi connectivity index (χ3v) is 9.34. The van der Waals surface area contributed by atoms with Crippen LogP contribution >= 0.6 is 0 Å². The van der Waals surface area contributed by atoms with Gasteiger partial charge in [0.1, 0.15) is 11.4 Å². The second-order valence-electron chi connectivity index (χ2n) is 13.0. The number of hydrogen-bond acceptors (Lipinski definition) is 8. The van der Waals surface area contributed by atoms with Crippen LogP contribution < -0.4 is 22.1 Å². The summed E-state index contributed by atoms with van der Waals surface area (Å²) in [5, 5.41) is 15.1. The average molecular weight is 733 g/mol. The monoisotopic (exact) mass is 732 g/mol. The maximum absolute atomic E-state index is 13.8. The van der Waals surface area contributed by atoms with E-state index in [4.69, 9.17) is 11.5 Å². The van der Waals surface area contributed by atoms with Crippen LogP contribution in [-0.4, -0.2) is 62.3 Å². The summed E-state index contributed by atoms with van der Waals surface area (Å²) in [5.41, 5.74) is 17.4. The van der Waals surface area contributed by atoms with Gasteiger partial charge in [0.15, 0.2) is 0 Å². The van der Waals surface area contributed by atoms with Crippen LogP contribution in [0.1, 0.15) is 91.8 Å². The molecule has 0 fully saturated rings. The lowest BCUT2D eigenvalue weighted by atomic mass is 10.0. The van der Waals surface area contributed by atoms with Gasteiger partial charge in [0.25, 0.3) is 11.8 Å². The van der Waals surface area contributed by atoms with Gasteiger partial charge in [0.2, 0.25) is 23.7 Å². The second kappa shape index (κ2) is 15.6. The predicted octanol–water partition coefficient (Wildman–Crippen LogP) is 4.74. The summed E-state index contributed by atoms with van der Waals surface area (Å²) in [5.74, 6) is -1.11. The summed E-state index contributed by atoms with van der Waals surface area (Å²) in [6.45, 7) is 13.4. The highest BCUT2D eigenvalue weighted by atomic mass is 16.2. The number of fused-ring (bicyclic) bond motifs is 2. The molecule has 6 aromatic rings. The number of hydrogen-bond donors (Lipinski definition) is 4. The van der Waals surface area contributed by atoms with Gasteiger partial charge in [0, 0.05) is 42.9 Å². The average Bonchev–Trinajstić information content (AvgIpc) is 3.88. The number of aryl methyl sites for hydroxylation is 5. The molecule has 16 heteroatoms. The van der Waals surface area contributed by atoms with Crippen molar-refractivity contribution in [2.24, 2.45) is 11.5 Å². The van der Waals surface area contributed by atoms with Crippen molar-refractivity contribution in [3.05, 3.63) is 94.6 Å². The van der Waals surface area contributed by atoms with E-state index in [0.29, 0.717) is 83.7 Å². The summed E-state index contributed by atoms with van der Waals surface area (Å²) >= 11 is 0. The van der Waals surface area contributed by atoms with Gasteiger partial charge in [-0.25, -0.2) is 9.97 Å². The molecule has 0 aliphatic carbocycles. The SMILES string of the molecule is C=CCn1c(NC(=O)c2cc(C)nn2CCCCCc2c(C)nn(CC)c2C(=O)Nc2nc3cc(C(N)=O)ccc3n2CC)nc2cc(C(N)=O)ccc21. The molecular formula is C38H44N12O4. The lowest BCUT2D eigenvalue weighted by Gasteiger charge is -2.11. The molecule has 0 atom stereocenters. The van der Waals surface area contributed by atoms with E-state index < -0.39 is 11.8 Å². The van der Waals surface area contributed by atoms with Crippen molar-refractivity contribution in [2.75, 3.05) is 10.6 Å². The van der Waals surface area contributed by atoms with Gasteiger partial charge in [-0.15, -0.1) is 6.58 Å². The van der Waals surface area contributed by atoms with E-state index in [9.17, 15) is 19.2 Å². The summed E-state index contributed by atoms with van der Waals surface area (Å²) in [6.07, 6.45) is 4.65. The first kappa shape index (κ1) is 37.2. The Morgan fingerprint density at radius 2 is 1.37 bits per heavy atom. The van der Waals surface area contributed by atoms with E-state index in [1.807, 2.05) is 32.3 Å². The number of carbonyl (C=O) groups is 4. The fourth-order valence-electron chi connectivity index (χ4n) is 6.76. The summed E-state index contributed by atoms with van der Waals surface area (Å²) in [4.78, 5) is 60.0. The lowest BCUT2D eigenvalue weighted by Crippen LogP contribution is -2.21. The van der Waals surface area contributed by atoms with Crippen LogP contribution in [-0.2, 0) is 32.6 Å². The molecule has 2 aromatic carbocycles. The lowest BCUT2D eigenvalue weighted by molar-refractivity contribution is 0.0992. The highest BCUT2D eigenvalue weighted by Gasteiger charge is 2.24. The van der Waals surface area contributed by atoms with Crippen molar-refractivity contribution in [3.8, 4) is 0 Å². The molecule has 0 aliphatic rings. The zero-order chi connectivity index (χ0) is 38.7. The number of aromatic nitrogens is 8. The van der Waals surface area contributed by atoms with Crippen molar-refractivity contribution in [2.45, 2.75) is 79.6 Å². The number of unbranched alkanes of at least 4 members (excludes halogenated alkanes) is 2. The normalized spacial score (nSPS) is 11.3. The van der Waals surface area contributed by atoms with Crippen molar-refractivity contribution in [3.63, 3.8) is 0 Å². The molecule has 0 aliphatic heterocycles. The Hall–Kier alpha value is -6.58. The number of anilines is 2. The Kier molecular flexibility index (Phi) is 10.7. The molecular weight excluding hydrogens is 688 g/mol. The molecule has 0 saturated carbocycles. The van der Waals surface area contributed by atoms with Gasteiger partial charge < -0.3 is 20.6 Å². The molecule has 4 aromatic heterocycles. The van der Waals surface area contributed by atoms with Gasteiger partial charge in [-0.3, -0.25) is 39.2 Å². The van der Waals surface area contributed by atoms with Crippen molar-refractivity contribution >= 4 is 57.6 Å². The second-order valence-corrected chi connectivity index (χ2v) is 13.0. The molecule has 16 nitrogen and oxygen atoms in total. The number of amides is 4. The maximum Gasteiger partial charge on any atom is 0.276 e. The Labute approximate surface area is 311 Å². The number of nitrogens with one attached hydrogen (secondary N) is 2. The summed E-state index contributed by atoms with van der Waals surface area (Å²) in [6, 6.07) is 11.7. The first-order chi connectivity index (χ1) is 25.9. The quantitative estimate of drug-likeness (QED) is 0.0804. The number of rotatable bonds is 16. The summed E-state index contributed by atoms with van der Waals surface area (Å²) in [7, 11) is 0. The Morgan fingerprint density at radius 1 is 0.759 bits per heavy atom. The van der Waals surface area contributed by atoms with Crippen molar-refractivity contribution < 1.29 is 19.2 Å². The van der Waals surface area contributed by atoms with E-state index in [1.165, 1.54) is 0 Å². The van der Waals surface area contributed by atoms with Gasteiger partial charge in [0.05, 0.1) is 33.5 Å². The highest BCUT2D eigenvalue weighted by Crippen LogP contribution is 2.25. The number of primary amides is 2. The van der Waals surface area contributed by atoms with Crippen LogP contribution in [0.5, 0.6) is 0 Å². The number of carbonyl (C=O) groups excluding carboxylic acids is 4. The molecule has 280 valence electrons. The molecule has 0 unspecified atom stereocenters. The van der Waals surface area contributed by atoms with E-state index in [0.717, 1.165) is 41.6 Å². The third kappa shape index (κ3) is 7.35. The zero-order valence-corrected chi connectivity index (χ0v) is 30.8. The Bertz CT molecular complexity index is 2430. The van der Waals surface area contributed by atoms with Crippen LogP contribution in [0.3, 0.4) is 0 Å². The van der Waals surface area contributed by atoms with Crippen molar-refractivity contribution in [1.82, 2.24) is 38.7 Å². The minimum Gasteiger partial charge on any atom is -0.366 e. The zero-order valence-electron chi connectivity index (χ0n) is 30.8.